The topological polar surface area (TPSA) is 91.3 Å². The van der Waals surface area contributed by atoms with Crippen LogP contribution in [-0.2, 0) is 6.54 Å². The van der Waals surface area contributed by atoms with Crippen molar-refractivity contribution in [3.63, 3.8) is 0 Å². The van der Waals surface area contributed by atoms with E-state index in [2.05, 4.69) is 15.0 Å². The second-order valence-electron chi connectivity index (χ2n) is 7.38. The minimum Gasteiger partial charge on any atom is -0.497 e. The number of aromatic nitrogens is 3. The predicted octanol–water partition coefficient (Wildman–Crippen LogP) is 3.65. The van der Waals surface area contributed by atoms with Crippen LogP contribution in [0.3, 0.4) is 0 Å². The highest BCUT2D eigenvalue weighted by Gasteiger charge is 2.22. The summed E-state index contributed by atoms with van der Waals surface area (Å²) in [5.74, 6) is 1.18. The SMILES string of the molecule is COc1cccc(C(O)CN(Cc2ccccc2)C(=O)c2cnc3nc(C)[nH]c3c2)c1. The molecule has 0 saturated heterocycles. The largest absolute Gasteiger partial charge is 0.497 e. The molecule has 1 atom stereocenters. The fourth-order valence-corrected chi connectivity index (χ4v) is 3.51. The molecule has 0 aliphatic rings. The number of imidazole rings is 1. The van der Waals surface area contributed by atoms with Crippen LogP contribution < -0.4 is 4.74 Å². The molecule has 31 heavy (non-hydrogen) atoms. The number of aliphatic hydroxyl groups excluding tert-OH is 1. The number of ether oxygens (including phenoxy) is 1. The molecule has 4 rings (SSSR count). The van der Waals surface area contributed by atoms with Gasteiger partial charge in [-0.1, -0.05) is 42.5 Å². The van der Waals surface area contributed by atoms with Crippen molar-refractivity contribution in [1.29, 1.82) is 0 Å². The Balaban J connectivity index is 1.63. The lowest BCUT2D eigenvalue weighted by Crippen LogP contribution is -2.34. The lowest BCUT2D eigenvalue weighted by atomic mass is 10.1. The van der Waals surface area contributed by atoms with Crippen molar-refractivity contribution in [2.75, 3.05) is 13.7 Å². The smallest absolute Gasteiger partial charge is 0.255 e. The lowest BCUT2D eigenvalue weighted by molar-refractivity contribution is 0.0603. The first-order valence-corrected chi connectivity index (χ1v) is 10.0. The summed E-state index contributed by atoms with van der Waals surface area (Å²) in [5, 5.41) is 10.9. The first kappa shape index (κ1) is 20.6. The van der Waals surface area contributed by atoms with Crippen molar-refractivity contribution >= 4 is 17.1 Å². The standard InChI is InChI=1S/C24H24N4O3/c1-16-26-21-12-19(13-25-23(21)27-16)24(30)28(14-17-7-4-3-5-8-17)15-22(29)18-9-6-10-20(11-18)31-2/h3-13,22,29H,14-15H2,1-2H3,(H,25,26,27). The third kappa shape index (κ3) is 4.73. The fourth-order valence-electron chi connectivity index (χ4n) is 3.51. The Morgan fingerprint density at radius 3 is 2.74 bits per heavy atom. The van der Waals surface area contributed by atoms with Gasteiger partial charge in [0.15, 0.2) is 5.65 Å². The highest BCUT2D eigenvalue weighted by Crippen LogP contribution is 2.22. The van der Waals surface area contributed by atoms with Gasteiger partial charge in [-0.25, -0.2) is 9.97 Å². The highest BCUT2D eigenvalue weighted by atomic mass is 16.5. The highest BCUT2D eigenvalue weighted by molar-refractivity contribution is 5.96. The first-order chi connectivity index (χ1) is 15.0. The zero-order valence-electron chi connectivity index (χ0n) is 17.4. The third-order valence-corrected chi connectivity index (χ3v) is 5.08. The minimum atomic E-state index is -0.867. The molecule has 0 aliphatic heterocycles. The molecule has 0 aliphatic carbocycles. The molecule has 2 aromatic heterocycles. The molecule has 1 unspecified atom stereocenters. The van der Waals surface area contributed by atoms with Gasteiger partial charge in [-0.05, 0) is 36.2 Å². The summed E-state index contributed by atoms with van der Waals surface area (Å²) in [6.45, 7) is 2.33. The summed E-state index contributed by atoms with van der Waals surface area (Å²) >= 11 is 0. The molecule has 7 heteroatoms. The van der Waals surface area contributed by atoms with Gasteiger partial charge in [-0.2, -0.15) is 0 Å². The molecule has 0 fully saturated rings. The second-order valence-corrected chi connectivity index (χ2v) is 7.38. The van der Waals surface area contributed by atoms with E-state index in [4.69, 9.17) is 4.74 Å². The molecule has 158 valence electrons. The number of rotatable bonds is 7. The van der Waals surface area contributed by atoms with Crippen LogP contribution in [0.2, 0.25) is 0 Å². The van der Waals surface area contributed by atoms with Crippen molar-refractivity contribution in [2.45, 2.75) is 19.6 Å². The van der Waals surface area contributed by atoms with E-state index >= 15 is 0 Å². The molecule has 2 heterocycles. The molecular weight excluding hydrogens is 392 g/mol. The number of aromatic amines is 1. The molecule has 0 spiro atoms. The molecular formula is C24H24N4O3. The summed E-state index contributed by atoms with van der Waals surface area (Å²) in [5.41, 5.74) is 3.37. The Labute approximate surface area is 180 Å². The van der Waals surface area contributed by atoms with Crippen LogP contribution in [0, 0.1) is 6.92 Å². The number of benzene rings is 2. The number of methoxy groups -OCH3 is 1. The van der Waals surface area contributed by atoms with E-state index < -0.39 is 6.10 Å². The average molecular weight is 416 g/mol. The van der Waals surface area contributed by atoms with Crippen molar-refractivity contribution in [3.05, 3.63) is 89.4 Å². The minimum absolute atomic E-state index is 0.126. The van der Waals surface area contributed by atoms with Gasteiger partial charge in [0.2, 0.25) is 0 Å². The Morgan fingerprint density at radius 2 is 1.97 bits per heavy atom. The third-order valence-electron chi connectivity index (χ3n) is 5.08. The van der Waals surface area contributed by atoms with Gasteiger partial charge in [0.25, 0.3) is 5.91 Å². The maximum Gasteiger partial charge on any atom is 0.255 e. The number of carbonyl (C=O) groups is 1. The van der Waals surface area contributed by atoms with Crippen molar-refractivity contribution in [1.82, 2.24) is 19.9 Å². The summed E-state index contributed by atoms with van der Waals surface area (Å²) in [4.78, 5) is 26.7. The zero-order chi connectivity index (χ0) is 21.8. The number of pyridine rings is 1. The van der Waals surface area contributed by atoms with E-state index in [1.54, 1.807) is 24.1 Å². The summed E-state index contributed by atoms with van der Waals surface area (Å²) in [6.07, 6.45) is 0.662. The number of aryl methyl sites for hydroxylation is 1. The Morgan fingerprint density at radius 1 is 1.16 bits per heavy atom. The fraction of sp³-hybridized carbons (Fsp3) is 0.208. The number of hydrogen-bond donors (Lipinski definition) is 2. The molecule has 0 saturated carbocycles. The summed E-state index contributed by atoms with van der Waals surface area (Å²) < 4.78 is 5.26. The van der Waals surface area contributed by atoms with E-state index in [1.807, 2.05) is 55.5 Å². The number of H-pyrrole nitrogens is 1. The Bertz CT molecular complexity index is 1190. The maximum atomic E-state index is 13.4. The van der Waals surface area contributed by atoms with Crippen molar-refractivity contribution < 1.29 is 14.6 Å². The van der Waals surface area contributed by atoms with Gasteiger partial charge in [0.1, 0.15) is 11.6 Å². The Kier molecular flexibility index (Phi) is 5.95. The molecule has 4 aromatic rings. The van der Waals surface area contributed by atoms with E-state index in [-0.39, 0.29) is 12.5 Å². The monoisotopic (exact) mass is 416 g/mol. The van der Waals surface area contributed by atoms with Gasteiger partial charge in [-0.3, -0.25) is 4.79 Å². The zero-order valence-corrected chi connectivity index (χ0v) is 17.4. The number of aliphatic hydroxyl groups is 1. The van der Waals surface area contributed by atoms with Crippen LogP contribution >= 0.6 is 0 Å². The normalized spacial score (nSPS) is 12.0. The lowest BCUT2D eigenvalue weighted by Gasteiger charge is -2.26. The van der Waals surface area contributed by atoms with Gasteiger partial charge < -0.3 is 19.7 Å². The molecule has 7 nitrogen and oxygen atoms in total. The van der Waals surface area contributed by atoms with Gasteiger partial charge in [0, 0.05) is 12.7 Å². The maximum absolute atomic E-state index is 13.4. The predicted molar refractivity (Wildman–Crippen MR) is 118 cm³/mol. The van der Waals surface area contributed by atoms with Gasteiger partial charge in [-0.15, -0.1) is 0 Å². The average Bonchev–Trinajstić information content (AvgIpc) is 3.18. The molecule has 0 bridgehead atoms. The number of hydrogen-bond acceptors (Lipinski definition) is 5. The van der Waals surface area contributed by atoms with Crippen LogP contribution in [0.5, 0.6) is 5.75 Å². The Hall–Kier alpha value is -3.71. The van der Waals surface area contributed by atoms with Crippen LogP contribution in [0.1, 0.15) is 33.4 Å². The number of nitrogens with one attached hydrogen (secondary N) is 1. The molecule has 2 N–H and O–H groups in total. The van der Waals surface area contributed by atoms with Crippen LogP contribution in [-0.4, -0.2) is 44.5 Å². The number of carbonyl (C=O) groups excluding carboxylic acids is 1. The first-order valence-electron chi connectivity index (χ1n) is 10.0. The van der Waals surface area contributed by atoms with E-state index in [0.29, 0.717) is 34.6 Å². The number of nitrogens with zero attached hydrogens (tertiary/aromatic N) is 3. The van der Waals surface area contributed by atoms with Gasteiger partial charge in [0.05, 0.1) is 30.8 Å². The summed E-state index contributed by atoms with van der Waals surface area (Å²) in [6, 6.07) is 18.7. The van der Waals surface area contributed by atoms with Crippen LogP contribution in [0.4, 0.5) is 0 Å². The quantitative estimate of drug-likeness (QED) is 0.480. The number of fused-ring (bicyclic) bond motifs is 1. The summed E-state index contributed by atoms with van der Waals surface area (Å²) in [7, 11) is 1.58. The second kappa shape index (κ2) is 8.97. The van der Waals surface area contributed by atoms with E-state index in [0.717, 1.165) is 11.4 Å². The van der Waals surface area contributed by atoms with Crippen LogP contribution in [0.15, 0.2) is 66.9 Å². The molecule has 1 amide bonds. The van der Waals surface area contributed by atoms with Gasteiger partial charge >= 0.3 is 0 Å². The number of amides is 1. The van der Waals surface area contributed by atoms with E-state index in [9.17, 15) is 9.90 Å². The van der Waals surface area contributed by atoms with Crippen molar-refractivity contribution in [2.24, 2.45) is 0 Å². The van der Waals surface area contributed by atoms with E-state index in [1.165, 1.54) is 6.20 Å². The molecule has 2 aromatic carbocycles. The van der Waals surface area contributed by atoms with Crippen molar-refractivity contribution in [3.8, 4) is 5.75 Å². The van der Waals surface area contributed by atoms with Crippen LogP contribution in [0.25, 0.3) is 11.2 Å². The molecule has 0 radical (unpaired) electrons.